The number of methoxy groups -OCH3 is 1. The summed E-state index contributed by atoms with van der Waals surface area (Å²) in [5, 5.41) is 8.71. The molecule has 0 aromatic heterocycles. The van der Waals surface area contributed by atoms with Gasteiger partial charge in [-0.1, -0.05) is 6.07 Å². The Morgan fingerprint density at radius 1 is 1.44 bits per heavy atom. The van der Waals surface area contributed by atoms with Crippen LogP contribution in [0.3, 0.4) is 0 Å². The predicted molar refractivity (Wildman–Crippen MR) is 60.9 cm³/mol. The average molecular weight is 240 g/mol. The molecule has 5 heteroatoms. The van der Waals surface area contributed by atoms with Gasteiger partial charge in [0.1, 0.15) is 0 Å². The number of rotatable bonds is 4. The summed E-state index contributed by atoms with van der Waals surface area (Å²) in [7, 11) is 1.31. The van der Waals surface area contributed by atoms with Crippen molar-refractivity contribution in [3.63, 3.8) is 0 Å². The van der Waals surface area contributed by atoms with Gasteiger partial charge in [0.05, 0.1) is 19.1 Å². The van der Waals surface area contributed by atoms with E-state index in [2.05, 4.69) is 4.74 Å². The van der Waals surface area contributed by atoms with Crippen molar-refractivity contribution in [3.8, 4) is 0 Å². The first-order valence-corrected chi connectivity index (χ1v) is 5.78. The van der Waals surface area contributed by atoms with E-state index in [0.29, 0.717) is 11.1 Å². The molecule has 0 fully saturated rings. The van der Waals surface area contributed by atoms with Crippen molar-refractivity contribution < 1.29 is 19.4 Å². The zero-order valence-electron chi connectivity index (χ0n) is 9.02. The van der Waals surface area contributed by atoms with E-state index in [0.717, 1.165) is 4.90 Å². The summed E-state index contributed by atoms with van der Waals surface area (Å²) in [6, 6.07) is 4.87. The van der Waals surface area contributed by atoms with E-state index in [4.69, 9.17) is 5.11 Å². The van der Waals surface area contributed by atoms with Crippen LogP contribution in [0.1, 0.15) is 15.9 Å². The van der Waals surface area contributed by atoms with Crippen molar-refractivity contribution in [3.05, 3.63) is 29.3 Å². The van der Waals surface area contributed by atoms with Crippen molar-refractivity contribution in [1.29, 1.82) is 0 Å². The highest BCUT2D eigenvalue weighted by Gasteiger charge is 2.11. The SMILES string of the molecule is COC(=O)c1ccc(CC(=O)O)c(SC)c1. The summed E-state index contributed by atoms with van der Waals surface area (Å²) in [5.74, 6) is -1.31. The Balaban J connectivity index is 3.06. The van der Waals surface area contributed by atoms with Crippen molar-refractivity contribution in [1.82, 2.24) is 0 Å². The zero-order valence-corrected chi connectivity index (χ0v) is 9.84. The predicted octanol–water partition coefficient (Wildman–Crippen LogP) is 1.82. The molecule has 0 aliphatic heterocycles. The first kappa shape index (κ1) is 12.6. The van der Waals surface area contributed by atoms with Gasteiger partial charge >= 0.3 is 11.9 Å². The molecular formula is C11H12O4S. The number of benzene rings is 1. The van der Waals surface area contributed by atoms with Crippen LogP contribution in [-0.4, -0.2) is 30.4 Å². The maximum absolute atomic E-state index is 11.3. The van der Waals surface area contributed by atoms with Crippen LogP contribution in [-0.2, 0) is 16.0 Å². The van der Waals surface area contributed by atoms with Gasteiger partial charge in [-0.2, -0.15) is 0 Å². The van der Waals surface area contributed by atoms with Crippen LogP contribution in [0.5, 0.6) is 0 Å². The van der Waals surface area contributed by atoms with Gasteiger partial charge in [0.2, 0.25) is 0 Å². The van der Waals surface area contributed by atoms with Crippen LogP contribution >= 0.6 is 11.8 Å². The average Bonchev–Trinajstić information content (AvgIpc) is 2.27. The number of carbonyl (C=O) groups excluding carboxylic acids is 1. The number of thioether (sulfide) groups is 1. The Bertz CT molecular complexity index is 414. The molecule has 16 heavy (non-hydrogen) atoms. The van der Waals surface area contributed by atoms with E-state index >= 15 is 0 Å². The van der Waals surface area contributed by atoms with E-state index in [-0.39, 0.29) is 6.42 Å². The van der Waals surface area contributed by atoms with Gasteiger partial charge in [0.15, 0.2) is 0 Å². The fraction of sp³-hybridized carbons (Fsp3) is 0.273. The molecule has 0 atom stereocenters. The van der Waals surface area contributed by atoms with Gasteiger partial charge in [-0.15, -0.1) is 11.8 Å². The summed E-state index contributed by atoms with van der Waals surface area (Å²) >= 11 is 1.41. The standard InChI is InChI=1S/C11H12O4S/c1-15-11(14)8-4-3-7(6-10(12)13)9(5-8)16-2/h3-5H,6H2,1-2H3,(H,12,13). The highest BCUT2D eigenvalue weighted by Crippen LogP contribution is 2.22. The number of aliphatic carboxylic acids is 1. The minimum atomic E-state index is -0.888. The van der Waals surface area contributed by atoms with Crippen molar-refractivity contribution in [2.24, 2.45) is 0 Å². The summed E-state index contributed by atoms with van der Waals surface area (Å²) < 4.78 is 4.59. The third-order valence-corrected chi connectivity index (χ3v) is 2.87. The minimum Gasteiger partial charge on any atom is -0.481 e. The van der Waals surface area contributed by atoms with E-state index in [1.165, 1.54) is 18.9 Å². The van der Waals surface area contributed by atoms with Gasteiger partial charge in [-0.25, -0.2) is 4.79 Å². The smallest absolute Gasteiger partial charge is 0.337 e. The number of hydrogen-bond donors (Lipinski definition) is 1. The number of carboxylic acids is 1. The Labute approximate surface area is 97.6 Å². The fourth-order valence-electron chi connectivity index (χ4n) is 1.30. The lowest BCUT2D eigenvalue weighted by molar-refractivity contribution is -0.136. The molecule has 0 amide bonds. The molecule has 0 spiro atoms. The lowest BCUT2D eigenvalue weighted by Crippen LogP contribution is -2.05. The lowest BCUT2D eigenvalue weighted by atomic mass is 10.1. The largest absolute Gasteiger partial charge is 0.481 e. The summed E-state index contributed by atoms with van der Waals surface area (Å²) in [6.45, 7) is 0. The fourth-order valence-corrected chi connectivity index (χ4v) is 1.95. The quantitative estimate of drug-likeness (QED) is 0.642. The molecule has 0 aliphatic carbocycles. The number of carboxylic acid groups (broad SMARTS) is 1. The van der Waals surface area contributed by atoms with Crippen LogP contribution in [0, 0.1) is 0 Å². The Hall–Kier alpha value is -1.49. The second kappa shape index (κ2) is 5.55. The van der Waals surface area contributed by atoms with Crippen LogP contribution in [0.25, 0.3) is 0 Å². The molecular weight excluding hydrogens is 228 g/mol. The second-order valence-corrected chi connectivity index (χ2v) is 3.94. The Morgan fingerprint density at radius 3 is 2.62 bits per heavy atom. The Morgan fingerprint density at radius 2 is 2.12 bits per heavy atom. The van der Waals surface area contributed by atoms with Crippen LogP contribution in [0.4, 0.5) is 0 Å². The zero-order chi connectivity index (χ0) is 12.1. The van der Waals surface area contributed by atoms with E-state index < -0.39 is 11.9 Å². The first-order chi connectivity index (χ1) is 7.58. The van der Waals surface area contributed by atoms with Gasteiger partial charge in [0, 0.05) is 4.90 Å². The summed E-state index contributed by atoms with van der Waals surface area (Å²) in [6.07, 6.45) is 1.79. The van der Waals surface area contributed by atoms with E-state index in [9.17, 15) is 9.59 Å². The molecule has 1 aromatic rings. The Kier molecular flexibility index (Phi) is 4.37. The normalized spacial score (nSPS) is 9.88. The summed E-state index contributed by atoms with van der Waals surface area (Å²) in [5.41, 5.74) is 1.13. The molecule has 0 aliphatic rings. The van der Waals surface area contributed by atoms with Crippen LogP contribution < -0.4 is 0 Å². The first-order valence-electron chi connectivity index (χ1n) is 4.55. The van der Waals surface area contributed by atoms with Gasteiger partial charge in [0.25, 0.3) is 0 Å². The van der Waals surface area contributed by atoms with Gasteiger partial charge in [-0.05, 0) is 24.0 Å². The number of hydrogen-bond acceptors (Lipinski definition) is 4. The highest BCUT2D eigenvalue weighted by atomic mass is 32.2. The van der Waals surface area contributed by atoms with Gasteiger partial charge < -0.3 is 9.84 Å². The molecule has 1 rings (SSSR count). The molecule has 0 bridgehead atoms. The van der Waals surface area contributed by atoms with Crippen molar-refractivity contribution >= 4 is 23.7 Å². The van der Waals surface area contributed by atoms with E-state index in [1.807, 2.05) is 6.26 Å². The number of carbonyl (C=O) groups is 2. The molecule has 0 saturated heterocycles. The number of ether oxygens (including phenoxy) is 1. The maximum atomic E-state index is 11.3. The molecule has 0 saturated carbocycles. The minimum absolute atomic E-state index is 0.0440. The second-order valence-electron chi connectivity index (χ2n) is 3.09. The van der Waals surface area contributed by atoms with Crippen molar-refractivity contribution in [2.45, 2.75) is 11.3 Å². The third kappa shape index (κ3) is 3.00. The monoisotopic (exact) mass is 240 g/mol. The number of esters is 1. The van der Waals surface area contributed by atoms with Crippen LogP contribution in [0.15, 0.2) is 23.1 Å². The summed E-state index contributed by atoms with van der Waals surface area (Å²) in [4.78, 5) is 22.7. The lowest BCUT2D eigenvalue weighted by Gasteiger charge is -2.07. The molecule has 0 radical (unpaired) electrons. The van der Waals surface area contributed by atoms with Crippen molar-refractivity contribution in [2.75, 3.05) is 13.4 Å². The highest BCUT2D eigenvalue weighted by molar-refractivity contribution is 7.98. The topological polar surface area (TPSA) is 63.6 Å². The molecule has 0 unspecified atom stereocenters. The maximum Gasteiger partial charge on any atom is 0.337 e. The molecule has 0 heterocycles. The molecule has 1 N–H and O–H groups in total. The van der Waals surface area contributed by atoms with Crippen LogP contribution in [0.2, 0.25) is 0 Å². The van der Waals surface area contributed by atoms with Gasteiger partial charge in [-0.3, -0.25) is 4.79 Å². The molecule has 1 aromatic carbocycles. The molecule has 86 valence electrons. The third-order valence-electron chi connectivity index (χ3n) is 2.05. The van der Waals surface area contributed by atoms with E-state index in [1.54, 1.807) is 18.2 Å². The molecule has 4 nitrogen and oxygen atoms in total.